The first kappa shape index (κ1) is 12.2. The molecule has 3 rings (SSSR count). The third-order valence-corrected chi connectivity index (χ3v) is 3.71. The van der Waals surface area contributed by atoms with Crippen molar-refractivity contribution in [1.29, 1.82) is 0 Å². The molecule has 3 heteroatoms. The molecule has 1 aromatic carbocycles. The van der Waals surface area contributed by atoms with Crippen LogP contribution >= 0.6 is 0 Å². The van der Waals surface area contributed by atoms with Crippen LogP contribution in [-0.2, 0) is 6.42 Å². The second-order valence-corrected chi connectivity index (χ2v) is 5.18. The van der Waals surface area contributed by atoms with Crippen molar-refractivity contribution in [2.75, 3.05) is 4.90 Å². The molecule has 3 nitrogen and oxygen atoms in total. The fourth-order valence-electron chi connectivity index (χ4n) is 2.74. The average molecular weight is 254 g/mol. The Kier molecular flexibility index (Phi) is 2.99. The smallest absolute Gasteiger partial charge is 0.133 e. The Balaban J connectivity index is 2.05. The van der Waals surface area contributed by atoms with E-state index in [-0.39, 0.29) is 0 Å². The van der Waals surface area contributed by atoms with Crippen LogP contribution in [0, 0.1) is 0 Å². The van der Waals surface area contributed by atoms with Crippen LogP contribution in [-0.4, -0.2) is 16.1 Å². The second kappa shape index (κ2) is 4.67. The van der Waals surface area contributed by atoms with E-state index >= 15 is 0 Å². The van der Waals surface area contributed by atoms with Gasteiger partial charge >= 0.3 is 0 Å². The van der Waals surface area contributed by atoms with Crippen molar-refractivity contribution in [3.8, 4) is 0 Å². The number of pyridine rings is 1. The first-order valence-corrected chi connectivity index (χ1v) is 6.68. The van der Waals surface area contributed by atoms with E-state index in [1.54, 1.807) is 13.1 Å². The van der Waals surface area contributed by atoms with Crippen molar-refractivity contribution in [3.63, 3.8) is 0 Å². The molecule has 0 saturated heterocycles. The number of para-hydroxylation sites is 1. The zero-order valence-electron chi connectivity index (χ0n) is 11.2. The molecular formula is C16H18N2O. The number of nitrogens with zero attached hydrogens (tertiary/aromatic N) is 2. The number of hydrogen-bond donors (Lipinski definition) is 1. The van der Waals surface area contributed by atoms with Crippen LogP contribution in [0.3, 0.4) is 0 Å². The van der Waals surface area contributed by atoms with Gasteiger partial charge in [-0.25, -0.2) is 4.98 Å². The van der Waals surface area contributed by atoms with Gasteiger partial charge < -0.3 is 10.0 Å². The lowest BCUT2D eigenvalue weighted by molar-refractivity contribution is 0.199. The first-order valence-electron chi connectivity index (χ1n) is 6.68. The Hall–Kier alpha value is -1.87. The summed E-state index contributed by atoms with van der Waals surface area (Å²) in [5.41, 5.74) is 3.49. The van der Waals surface area contributed by atoms with Gasteiger partial charge in [0, 0.05) is 17.9 Å². The van der Waals surface area contributed by atoms with E-state index in [1.165, 1.54) is 11.3 Å². The number of anilines is 2. The van der Waals surface area contributed by atoms with Gasteiger partial charge in [-0.05, 0) is 49.6 Å². The molecule has 0 spiro atoms. The maximum Gasteiger partial charge on any atom is 0.133 e. The molecule has 19 heavy (non-hydrogen) atoms. The van der Waals surface area contributed by atoms with Crippen LogP contribution in [0.2, 0.25) is 0 Å². The summed E-state index contributed by atoms with van der Waals surface area (Å²) in [4.78, 5) is 6.72. The molecule has 0 aliphatic carbocycles. The van der Waals surface area contributed by atoms with E-state index in [1.807, 2.05) is 12.1 Å². The molecule has 0 radical (unpaired) electrons. The van der Waals surface area contributed by atoms with E-state index in [9.17, 15) is 5.11 Å². The van der Waals surface area contributed by atoms with Gasteiger partial charge in [-0.1, -0.05) is 18.2 Å². The van der Waals surface area contributed by atoms with Crippen LogP contribution in [0.15, 0.2) is 42.6 Å². The second-order valence-electron chi connectivity index (χ2n) is 5.18. The van der Waals surface area contributed by atoms with Gasteiger partial charge in [-0.15, -0.1) is 0 Å². The summed E-state index contributed by atoms with van der Waals surface area (Å²) in [5, 5.41) is 9.71. The van der Waals surface area contributed by atoms with Crippen molar-refractivity contribution < 1.29 is 5.11 Å². The Labute approximate surface area is 113 Å². The quantitative estimate of drug-likeness (QED) is 0.894. The zero-order chi connectivity index (χ0) is 13.4. The first-order chi connectivity index (χ1) is 9.16. The minimum absolute atomic E-state index is 0.397. The molecule has 1 aliphatic heterocycles. The fraction of sp³-hybridized carbons (Fsp3) is 0.312. The molecule has 0 saturated carbocycles. The predicted octanol–water partition coefficient (Wildman–Crippen LogP) is 3.22. The summed E-state index contributed by atoms with van der Waals surface area (Å²) >= 11 is 0. The third kappa shape index (κ3) is 2.10. The summed E-state index contributed by atoms with van der Waals surface area (Å²) in [7, 11) is 0. The fourth-order valence-corrected chi connectivity index (χ4v) is 2.74. The van der Waals surface area contributed by atoms with Gasteiger partial charge in [-0.2, -0.15) is 0 Å². The molecule has 1 N–H and O–H groups in total. The van der Waals surface area contributed by atoms with Gasteiger partial charge in [0.25, 0.3) is 0 Å². The molecule has 98 valence electrons. The van der Waals surface area contributed by atoms with E-state index in [4.69, 9.17) is 0 Å². The molecule has 2 aromatic rings. The summed E-state index contributed by atoms with van der Waals surface area (Å²) in [6.07, 6.45) is 2.34. The predicted molar refractivity (Wildman–Crippen MR) is 76.6 cm³/mol. The average Bonchev–Trinajstić information content (AvgIpc) is 2.74. The summed E-state index contributed by atoms with van der Waals surface area (Å²) < 4.78 is 0. The number of fused-ring (bicyclic) bond motifs is 1. The number of aromatic nitrogens is 1. The molecular weight excluding hydrogens is 236 g/mol. The Morgan fingerprint density at radius 1 is 1.32 bits per heavy atom. The topological polar surface area (TPSA) is 36.4 Å². The Morgan fingerprint density at radius 3 is 2.89 bits per heavy atom. The summed E-state index contributed by atoms with van der Waals surface area (Å²) in [6.45, 7) is 3.98. The SMILES string of the molecule is CC1Cc2ccccc2N1c1cc([C@H](C)O)ccn1. The van der Waals surface area contributed by atoms with Crippen molar-refractivity contribution >= 4 is 11.5 Å². The van der Waals surface area contributed by atoms with Gasteiger partial charge in [0.05, 0.1) is 6.10 Å². The number of hydrogen-bond acceptors (Lipinski definition) is 3. The molecule has 1 unspecified atom stereocenters. The molecule has 0 fully saturated rings. The van der Waals surface area contributed by atoms with Gasteiger partial charge in [0.2, 0.25) is 0 Å². The highest BCUT2D eigenvalue weighted by atomic mass is 16.3. The van der Waals surface area contributed by atoms with Crippen molar-refractivity contribution in [2.24, 2.45) is 0 Å². The van der Waals surface area contributed by atoms with Crippen LogP contribution in [0.4, 0.5) is 11.5 Å². The summed E-state index contributed by atoms with van der Waals surface area (Å²) in [6, 6.07) is 12.7. The molecule has 1 aromatic heterocycles. The van der Waals surface area contributed by atoms with E-state index in [2.05, 4.69) is 41.1 Å². The van der Waals surface area contributed by atoms with Gasteiger partial charge in [-0.3, -0.25) is 0 Å². The minimum Gasteiger partial charge on any atom is -0.389 e. The Bertz CT molecular complexity index is 595. The van der Waals surface area contributed by atoms with Crippen LogP contribution < -0.4 is 4.90 Å². The van der Waals surface area contributed by atoms with Crippen LogP contribution in [0.1, 0.15) is 31.1 Å². The van der Waals surface area contributed by atoms with Crippen LogP contribution in [0.25, 0.3) is 0 Å². The molecule has 2 atom stereocenters. The molecule has 2 heterocycles. The highest BCUT2D eigenvalue weighted by Crippen LogP contribution is 2.37. The highest BCUT2D eigenvalue weighted by Gasteiger charge is 2.27. The zero-order valence-corrected chi connectivity index (χ0v) is 11.2. The van der Waals surface area contributed by atoms with Crippen molar-refractivity contribution in [1.82, 2.24) is 4.98 Å². The number of rotatable bonds is 2. The monoisotopic (exact) mass is 254 g/mol. The minimum atomic E-state index is -0.463. The van der Waals surface area contributed by atoms with Crippen molar-refractivity contribution in [3.05, 3.63) is 53.7 Å². The lowest BCUT2D eigenvalue weighted by Gasteiger charge is -2.24. The third-order valence-electron chi connectivity index (χ3n) is 3.71. The summed E-state index contributed by atoms with van der Waals surface area (Å²) in [5.74, 6) is 0.913. The normalized spacial score (nSPS) is 19.3. The maximum atomic E-state index is 9.71. The lowest BCUT2D eigenvalue weighted by atomic mass is 10.1. The molecule has 1 aliphatic rings. The van der Waals surface area contributed by atoms with E-state index < -0.39 is 6.10 Å². The number of aliphatic hydroxyl groups is 1. The largest absolute Gasteiger partial charge is 0.389 e. The van der Waals surface area contributed by atoms with Gasteiger partial charge in [0.15, 0.2) is 0 Å². The highest BCUT2D eigenvalue weighted by molar-refractivity contribution is 5.69. The van der Waals surface area contributed by atoms with Crippen LogP contribution in [0.5, 0.6) is 0 Å². The Morgan fingerprint density at radius 2 is 2.11 bits per heavy atom. The molecule has 0 bridgehead atoms. The maximum absolute atomic E-state index is 9.71. The van der Waals surface area contributed by atoms with E-state index in [0.29, 0.717) is 6.04 Å². The standard InChI is InChI=1S/C16H18N2O/c1-11-9-14-5-3-4-6-15(14)18(11)16-10-13(12(2)19)7-8-17-16/h3-8,10-12,19H,9H2,1-2H3/t11?,12-/m0/s1. The van der Waals surface area contributed by atoms with Crippen molar-refractivity contribution in [2.45, 2.75) is 32.4 Å². The van der Waals surface area contributed by atoms with E-state index in [0.717, 1.165) is 17.8 Å². The number of benzene rings is 1. The lowest BCUT2D eigenvalue weighted by Crippen LogP contribution is -2.24. The van der Waals surface area contributed by atoms with Gasteiger partial charge in [0.1, 0.15) is 5.82 Å². The molecule has 0 amide bonds. The number of aliphatic hydroxyl groups excluding tert-OH is 1.